The monoisotopic (exact) mass is 240 g/mol. The first kappa shape index (κ1) is 13.2. The first-order valence-electron chi connectivity index (χ1n) is 5.63. The molecule has 4 heteroatoms. The second-order valence-electron chi connectivity index (χ2n) is 4.32. The normalized spacial score (nSPS) is 10.9. The summed E-state index contributed by atoms with van der Waals surface area (Å²) in [6.45, 7) is 5.19. The third-order valence-electron chi connectivity index (χ3n) is 2.15. The zero-order chi connectivity index (χ0) is 12.0. The van der Waals surface area contributed by atoms with Gasteiger partial charge in [0.05, 0.1) is 0 Å². The molecular weight excluding hydrogens is 220 g/mol. The molecule has 1 heterocycles. The van der Waals surface area contributed by atoms with Gasteiger partial charge in [-0.05, 0) is 29.9 Å². The molecule has 1 aromatic heterocycles. The van der Waals surface area contributed by atoms with Crippen LogP contribution in [0, 0.1) is 5.92 Å². The number of pyridine rings is 1. The van der Waals surface area contributed by atoms with E-state index in [0.717, 1.165) is 24.6 Å². The van der Waals surface area contributed by atoms with E-state index in [0.29, 0.717) is 5.69 Å². The largest absolute Gasteiger partial charge is 0.398 e. The number of aromatic nitrogens is 1. The van der Waals surface area contributed by atoms with Gasteiger partial charge in [-0.15, -0.1) is 0 Å². The zero-order valence-corrected chi connectivity index (χ0v) is 10.8. The summed E-state index contributed by atoms with van der Waals surface area (Å²) in [5, 5.41) is 0. The quantitative estimate of drug-likeness (QED) is 0.776. The summed E-state index contributed by atoms with van der Waals surface area (Å²) < 4.78 is 1.69. The number of nitrogens with zero attached hydrogens (tertiary/aromatic N) is 1. The summed E-state index contributed by atoms with van der Waals surface area (Å²) in [4.78, 5) is 11.4. The number of thioether (sulfide) groups is 1. The first-order chi connectivity index (χ1) is 7.59. The molecule has 0 bridgehead atoms. The van der Waals surface area contributed by atoms with Crippen molar-refractivity contribution in [3.63, 3.8) is 0 Å². The van der Waals surface area contributed by atoms with E-state index in [2.05, 4.69) is 13.8 Å². The fourth-order valence-corrected chi connectivity index (χ4v) is 2.35. The Labute approximate surface area is 101 Å². The summed E-state index contributed by atoms with van der Waals surface area (Å²) >= 11 is 1.94. The molecule has 0 saturated carbocycles. The molecule has 0 radical (unpaired) electrons. The molecule has 0 spiro atoms. The lowest BCUT2D eigenvalue weighted by Crippen LogP contribution is -2.19. The van der Waals surface area contributed by atoms with E-state index in [1.165, 1.54) is 11.8 Å². The Bertz CT molecular complexity index is 374. The van der Waals surface area contributed by atoms with E-state index >= 15 is 0 Å². The second-order valence-corrected chi connectivity index (χ2v) is 5.47. The van der Waals surface area contributed by atoms with E-state index in [-0.39, 0.29) is 5.56 Å². The van der Waals surface area contributed by atoms with Crippen molar-refractivity contribution in [2.24, 2.45) is 5.92 Å². The fraction of sp³-hybridized carbons (Fsp3) is 0.583. The highest BCUT2D eigenvalue weighted by molar-refractivity contribution is 7.99. The molecule has 0 aliphatic rings. The van der Waals surface area contributed by atoms with E-state index in [9.17, 15) is 4.79 Å². The lowest BCUT2D eigenvalue weighted by Gasteiger charge is -2.07. The van der Waals surface area contributed by atoms with Crippen molar-refractivity contribution >= 4 is 17.4 Å². The summed E-state index contributed by atoms with van der Waals surface area (Å²) in [6, 6.07) is 3.17. The predicted octanol–water partition coefficient (Wildman–Crippen LogP) is 2.21. The van der Waals surface area contributed by atoms with Gasteiger partial charge < -0.3 is 10.3 Å². The van der Waals surface area contributed by atoms with Crippen LogP contribution < -0.4 is 11.3 Å². The Hall–Kier alpha value is -0.900. The third kappa shape index (κ3) is 4.75. The van der Waals surface area contributed by atoms with Gasteiger partial charge in [0, 0.05) is 24.5 Å². The zero-order valence-electron chi connectivity index (χ0n) is 9.98. The molecule has 0 aliphatic heterocycles. The molecule has 0 aromatic carbocycles. The van der Waals surface area contributed by atoms with Crippen molar-refractivity contribution in [2.75, 3.05) is 17.2 Å². The highest BCUT2D eigenvalue weighted by Crippen LogP contribution is 2.09. The standard InChI is InChI=1S/C12H20N2OS/c1-10(2)9-16-7-3-6-14-8-11(13)4-5-12(14)15/h4-5,8,10H,3,6-7,9,13H2,1-2H3. The molecule has 0 aliphatic carbocycles. The van der Waals surface area contributed by atoms with Crippen LogP contribution in [0.15, 0.2) is 23.1 Å². The number of nitrogens with two attached hydrogens (primary N) is 1. The molecule has 2 N–H and O–H groups in total. The fourth-order valence-electron chi connectivity index (χ4n) is 1.38. The lowest BCUT2D eigenvalue weighted by atomic mass is 10.3. The third-order valence-corrected chi connectivity index (χ3v) is 3.62. The minimum absolute atomic E-state index is 0.0306. The number of hydrogen-bond donors (Lipinski definition) is 1. The van der Waals surface area contributed by atoms with Crippen molar-refractivity contribution in [3.8, 4) is 0 Å². The maximum Gasteiger partial charge on any atom is 0.250 e. The molecule has 90 valence electrons. The smallest absolute Gasteiger partial charge is 0.250 e. The maximum atomic E-state index is 11.4. The summed E-state index contributed by atoms with van der Waals surface area (Å²) in [5.74, 6) is 3.02. The Morgan fingerprint density at radius 3 is 2.88 bits per heavy atom. The van der Waals surface area contributed by atoms with Gasteiger partial charge in [0.25, 0.3) is 5.56 Å². The highest BCUT2D eigenvalue weighted by Gasteiger charge is 1.98. The molecular formula is C12H20N2OS. The highest BCUT2D eigenvalue weighted by atomic mass is 32.2. The van der Waals surface area contributed by atoms with E-state index in [1.807, 2.05) is 11.8 Å². The average molecular weight is 240 g/mol. The van der Waals surface area contributed by atoms with Gasteiger partial charge in [-0.2, -0.15) is 11.8 Å². The van der Waals surface area contributed by atoms with Crippen molar-refractivity contribution in [1.29, 1.82) is 0 Å². The van der Waals surface area contributed by atoms with Crippen molar-refractivity contribution in [2.45, 2.75) is 26.8 Å². The number of anilines is 1. The molecule has 1 aromatic rings. The van der Waals surface area contributed by atoms with Gasteiger partial charge >= 0.3 is 0 Å². The number of hydrogen-bond acceptors (Lipinski definition) is 3. The Balaban J connectivity index is 2.32. The number of rotatable bonds is 6. The van der Waals surface area contributed by atoms with Crippen LogP contribution in [0.5, 0.6) is 0 Å². The first-order valence-corrected chi connectivity index (χ1v) is 6.79. The Morgan fingerprint density at radius 1 is 1.44 bits per heavy atom. The summed E-state index contributed by atoms with van der Waals surface area (Å²) in [7, 11) is 0. The van der Waals surface area contributed by atoms with Crippen LogP contribution in [0.2, 0.25) is 0 Å². The van der Waals surface area contributed by atoms with Gasteiger partial charge in [0.1, 0.15) is 0 Å². The van der Waals surface area contributed by atoms with E-state index in [1.54, 1.807) is 16.8 Å². The van der Waals surface area contributed by atoms with Crippen LogP contribution in [0.1, 0.15) is 20.3 Å². The minimum Gasteiger partial charge on any atom is -0.398 e. The topological polar surface area (TPSA) is 48.0 Å². The van der Waals surface area contributed by atoms with Gasteiger partial charge in [-0.25, -0.2) is 0 Å². The number of nitrogen functional groups attached to an aromatic ring is 1. The second kappa shape index (κ2) is 6.63. The van der Waals surface area contributed by atoms with Crippen LogP contribution >= 0.6 is 11.8 Å². The molecule has 0 amide bonds. The maximum absolute atomic E-state index is 11.4. The van der Waals surface area contributed by atoms with Crippen molar-refractivity contribution in [3.05, 3.63) is 28.7 Å². The van der Waals surface area contributed by atoms with Crippen LogP contribution in [-0.4, -0.2) is 16.1 Å². The van der Waals surface area contributed by atoms with Crippen LogP contribution in [0.25, 0.3) is 0 Å². The summed E-state index contributed by atoms with van der Waals surface area (Å²) in [6.07, 6.45) is 2.73. The lowest BCUT2D eigenvalue weighted by molar-refractivity contribution is 0.659. The van der Waals surface area contributed by atoms with Gasteiger partial charge in [0.2, 0.25) is 0 Å². The molecule has 0 fully saturated rings. The van der Waals surface area contributed by atoms with E-state index in [4.69, 9.17) is 5.73 Å². The van der Waals surface area contributed by atoms with Crippen LogP contribution in [-0.2, 0) is 6.54 Å². The van der Waals surface area contributed by atoms with Gasteiger partial charge in [0.15, 0.2) is 0 Å². The van der Waals surface area contributed by atoms with Crippen molar-refractivity contribution < 1.29 is 0 Å². The molecule has 0 atom stereocenters. The molecule has 1 rings (SSSR count). The van der Waals surface area contributed by atoms with Crippen molar-refractivity contribution in [1.82, 2.24) is 4.57 Å². The van der Waals surface area contributed by atoms with Gasteiger partial charge in [-0.3, -0.25) is 4.79 Å². The van der Waals surface area contributed by atoms with Crippen LogP contribution in [0.4, 0.5) is 5.69 Å². The average Bonchev–Trinajstić information content (AvgIpc) is 2.22. The Kier molecular flexibility index (Phi) is 5.46. The molecule has 3 nitrogen and oxygen atoms in total. The predicted molar refractivity (Wildman–Crippen MR) is 71.9 cm³/mol. The SMILES string of the molecule is CC(C)CSCCCn1cc(N)ccc1=O. The van der Waals surface area contributed by atoms with E-state index < -0.39 is 0 Å². The van der Waals surface area contributed by atoms with Gasteiger partial charge in [-0.1, -0.05) is 13.8 Å². The van der Waals surface area contributed by atoms with Crippen LogP contribution in [0.3, 0.4) is 0 Å². The molecule has 0 unspecified atom stereocenters. The molecule has 16 heavy (non-hydrogen) atoms. The Morgan fingerprint density at radius 2 is 2.19 bits per heavy atom. The summed E-state index contributed by atoms with van der Waals surface area (Å²) in [5.41, 5.74) is 6.31. The number of aryl methyl sites for hydroxylation is 1. The molecule has 0 saturated heterocycles. The minimum atomic E-state index is 0.0306.